The largest absolute Gasteiger partial charge is 0.523 e. The first-order valence-electron chi connectivity index (χ1n) is 7.72. The fourth-order valence-electron chi connectivity index (χ4n) is 2.17. The maximum atomic E-state index is 14.5. The summed E-state index contributed by atoms with van der Waals surface area (Å²) < 4.78 is 184. The van der Waals surface area contributed by atoms with E-state index in [9.17, 15) is 60.7 Å². The molecule has 0 fully saturated rings. The van der Waals surface area contributed by atoms with E-state index in [0.29, 0.717) is 0 Å². The van der Waals surface area contributed by atoms with Crippen molar-refractivity contribution in [2.75, 3.05) is 0 Å². The topological polar surface area (TPSA) is 86.7 Å². The second kappa shape index (κ2) is 8.73. The third kappa shape index (κ3) is 5.22. The summed E-state index contributed by atoms with van der Waals surface area (Å²) >= 11 is 0. The van der Waals surface area contributed by atoms with E-state index in [4.69, 9.17) is 0 Å². The molecule has 0 saturated carbocycles. The smallest absolute Gasteiger partial charge is 0.225 e. The van der Waals surface area contributed by atoms with Crippen molar-refractivity contribution < 1.29 is 69.1 Å². The highest BCUT2D eigenvalue weighted by Crippen LogP contribution is 2.40. The lowest BCUT2D eigenvalue weighted by Crippen LogP contribution is -2.33. The lowest BCUT2D eigenvalue weighted by molar-refractivity contribution is -0.0887. The van der Waals surface area contributed by atoms with Gasteiger partial charge in [0.2, 0.25) is 6.29 Å². The van der Waals surface area contributed by atoms with Gasteiger partial charge in [0.15, 0.2) is 23.3 Å². The molecule has 0 aliphatic carbocycles. The van der Waals surface area contributed by atoms with Crippen LogP contribution in [-0.2, 0) is 28.6 Å². The number of hydrogen-bond donors (Lipinski definition) is 0. The molecule has 0 N–H and O–H groups in total. The van der Waals surface area contributed by atoms with Crippen LogP contribution >= 0.6 is 0 Å². The quantitative estimate of drug-likeness (QED) is 0.176. The second-order valence-corrected chi connectivity index (χ2v) is 8.86. The number of benzene rings is 2. The predicted octanol–water partition coefficient (Wildman–Crippen LogP) is 4.64. The van der Waals surface area contributed by atoms with Gasteiger partial charge < -0.3 is 0 Å². The van der Waals surface area contributed by atoms with E-state index in [1.165, 1.54) is 6.07 Å². The zero-order valence-electron chi connectivity index (χ0n) is 15.0. The van der Waals surface area contributed by atoms with Crippen LogP contribution in [0.3, 0.4) is 0 Å². The maximum Gasteiger partial charge on any atom is 0.523 e. The Morgan fingerprint density at radius 2 is 1.00 bits per heavy atom. The minimum Gasteiger partial charge on any atom is -0.225 e. The molecule has 6 nitrogen and oxygen atoms in total. The van der Waals surface area contributed by atoms with Crippen LogP contribution in [0.2, 0.25) is 0 Å². The summed E-state index contributed by atoms with van der Waals surface area (Å²) in [4.78, 5) is 0. The number of hydrogen-bond acceptors (Lipinski definition) is 6. The van der Waals surface area contributed by atoms with Gasteiger partial charge >= 0.3 is 31.3 Å². The van der Waals surface area contributed by atoms with Crippen molar-refractivity contribution >= 4 is 20.2 Å². The molecule has 0 aliphatic rings. The molecule has 18 heteroatoms. The SMILES string of the molecule is O=S(=O)(OC(OS(=O)(=O)C(F)(F)F)c1c(F)c(F)c(-c2ccccc2)c(F)c1F)C(F)(F)F. The van der Waals surface area contributed by atoms with Gasteiger partial charge in [-0.25, -0.2) is 25.9 Å². The third-order valence-corrected chi connectivity index (χ3v) is 5.58. The van der Waals surface area contributed by atoms with Crippen molar-refractivity contribution in [2.45, 2.75) is 17.3 Å². The van der Waals surface area contributed by atoms with Gasteiger partial charge in [0.25, 0.3) is 0 Å². The fraction of sp³-hybridized carbons (Fsp3) is 0.200. The van der Waals surface area contributed by atoms with E-state index in [0.717, 1.165) is 24.3 Å². The van der Waals surface area contributed by atoms with Gasteiger partial charge in [0, 0.05) is 0 Å². The van der Waals surface area contributed by atoms with Gasteiger partial charge in [-0.05, 0) is 5.56 Å². The molecule has 0 atom stereocenters. The molecule has 0 heterocycles. The molecule has 2 aromatic rings. The van der Waals surface area contributed by atoms with E-state index >= 15 is 0 Å². The molecule has 184 valence electrons. The molecule has 0 aromatic heterocycles. The van der Waals surface area contributed by atoms with Crippen LogP contribution in [0.25, 0.3) is 11.1 Å². The van der Waals surface area contributed by atoms with Crippen LogP contribution in [0.4, 0.5) is 43.9 Å². The lowest BCUT2D eigenvalue weighted by atomic mass is 10.0. The fourth-order valence-corrected chi connectivity index (χ4v) is 3.16. The van der Waals surface area contributed by atoms with Crippen LogP contribution in [0.15, 0.2) is 30.3 Å². The summed E-state index contributed by atoms with van der Waals surface area (Å²) in [7, 11) is -14.2. The first kappa shape index (κ1) is 26.8. The normalized spacial score (nSPS) is 13.5. The van der Waals surface area contributed by atoms with Crippen molar-refractivity contribution in [1.82, 2.24) is 0 Å². The van der Waals surface area contributed by atoms with Crippen LogP contribution in [0, 0.1) is 23.3 Å². The minimum atomic E-state index is -7.12. The van der Waals surface area contributed by atoms with Crippen LogP contribution in [0.1, 0.15) is 11.9 Å². The Bertz CT molecular complexity index is 1180. The molecule has 2 aromatic carbocycles. The number of alkyl halides is 6. The van der Waals surface area contributed by atoms with Gasteiger partial charge in [-0.15, -0.1) is 0 Å². The van der Waals surface area contributed by atoms with Crippen LogP contribution in [0.5, 0.6) is 0 Å². The summed E-state index contributed by atoms with van der Waals surface area (Å²) in [6.07, 6.45) is -4.31. The van der Waals surface area contributed by atoms with Gasteiger partial charge in [-0.1, -0.05) is 30.3 Å². The Balaban J connectivity index is 2.81. The monoisotopic (exact) mass is 536 g/mol. The molecule has 0 aliphatic heterocycles. The van der Waals surface area contributed by atoms with Crippen molar-refractivity contribution in [1.29, 1.82) is 0 Å². The first-order chi connectivity index (χ1) is 14.8. The van der Waals surface area contributed by atoms with Crippen LogP contribution in [-0.4, -0.2) is 27.9 Å². The maximum absolute atomic E-state index is 14.5. The summed E-state index contributed by atoms with van der Waals surface area (Å²) in [5, 5.41) is 0. The Hall–Kier alpha value is -2.44. The van der Waals surface area contributed by atoms with E-state index in [1.54, 1.807) is 0 Å². The van der Waals surface area contributed by atoms with E-state index in [-0.39, 0.29) is 0 Å². The Morgan fingerprint density at radius 1 is 0.636 bits per heavy atom. The highest BCUT2D eigenvalue weighted by atomic mass is 32.2. The minimum absolute atomic E-state index is 0.568. The van der Waals surface area contributed by atoms with Gasteiger partial charge in [-0.3, -0.25) is 0 Å². The molecule has 0 unspecified atom stereocenters. The first-order valence-corrected chi connectivity index (χ1v) is 10.5. The van der Waals surface area contributed by atoms with Crippen LogP contribution < -0.4 is 0 Å². The molecule has 0 radical (unpaired) electrons. The summed E-state index contributed by atoms with van der Waals surface area (Å²) in [5.74, 6) is -10.5. The van der Waals surface area contributed by atoms with Gasteiger partial charge in [-0.2, -0.15) is 43.2 Å². The molecule has 0 saturated heterocycles. The summed E-state index contributed by atoms with van der Waals surface area (Å²) in [6.45, 7) is 0. The Morgan fingerprint density at radius 3 is 1.33 bits per heavy atom. The van der Waals surface area contributed by atoms with E-state index < -0.39 is 77.5 Å². The van der Waals surface area contributed by atoms with Crippen molar-refractivity contribution in [3.05, 3.63) is 59.2 Å². The van der Waals surface area contributed by atoms with E-state index in [1.807, 2.05) is 0 Å². The highest BCUT2D eigenvalue weighted by Gasteiger charge is 2.54. The van der Waals surface area contributed by atoms with Crippen molar-refractivity contribution in [2.24, 2.45) is 0 Å². The average molecular weight is 536 g/mol. The molecule has 2 rings (SSSR count). The zero-order chi connectivity index (χ0) is 25.6. The predicted molar refractivity (Wildman–Crippen MR) is 86.6 cm³/mol. The van der Waals surface area contributed by atoms with Gasteiger partial charge in [0.1, 0.15) is 0 Å². The second-order valence-electron chi connectivity index (χ2n) is 5.73. The average Bonchev–Trinajstić information content (AvgIpc) is 2.65. The Labute approximate surface area is 177 Å². The summed E-state index contributed by atoms with van der Waals surface area (Å²) in [6, 6.07) is 5.33. The zero-order valence-corrected chi connectivity index (χ0v) is 16.6. The molecule has 33 heavy (non-hydrogen) atoms. The summed E-state index contributed by atoms with van der Waals surface area (Å²) in [5.41, 5.74) is -17.7. The van der Waals surface area contributed by atoms with Crippen molar-refractivity contribution in [3.63, 3.8) is 0 Å². The third-order valence-electron chi connectivity index (χ3n) is 3.59. The molecular formula is C15H6F10O6S2. The van der Waals surface area contributed by atoms with E-state index in [2.05, 4.69) is 8.37 Å². The van der Waals surface area contributed by atoms with Gasteiger partial charge in [0.05, 0.1) is 11.1 Å². The lowest BCUT2D eigenvalue weighted by Gasteiger charge is -2.21. The number of halogens is 10. The molecule has 0 bridgehead atoms. The number of rotatable bonds is 6. The molecule has 0 spiro atoms. The standard InChI is InChI=1S/C15H6F10O6S2/c16-9-7(6-4-2-1-3-5-6)10(17)12(19)8(11(9)18)13(30-32(26,27)14(20,21)22)31-33(28,29)15(23,24)25/h1-5,13H. The molecular weight excluding hydrogens is 530 g/mol. The van der Waals surface area contributed by atoms with Crippen molar-refractivity contribution in [3.8, 4) is 11.1 Å². The molecule has 0 amide bonds. The highest BCUT2D eigenvalue weighted by molar-refractivity contribution is 7.88. The Kier molecular flexibility index (Phi) is 7.09.